The lowest BCUT2D eigenvalue weighted by Crippen LogP contribution is -2.28. The second-order valence-corrected chi connectivity index (χ2v) is 5.93. The van der Waals surface area contributed by atoms with Gasteiger partial charge in [-0.3, -0.25) is 4.79 Å². The molecule has 0 aromatic carbocycles. The molecule has 0 radical (unpaired) electrons. The molecule has 1 heteroatoms. The van der Waals surface area contributed by atoms with E-state index in [1.54, 1.807) is 0 Å². The molecule has 2 aliphatic rings. The molecule has 2 aliphatic carbocycles. The Kier molecular flexibility index (Phi) is 3.48. The van der Waals surface area contributed by atoms with Crippen LogP contribution < -0.4 is 0 Å². The largest absolute Gasteiger partial charge is 0.299 e. The average Bonchev–Trinajstić information content (AvgIpc) is 2.15. The van der Waals surface area contributed by atoms with Crippen molar-refractivity contribution in [3.05, 3.63) is 0 Å². The van der Waals surface area contributed by atoms with Crippen molar-refractivity contribution >= 4 is 5.78 Å². The summed E-state index contributed by atoms with van der Waals surface area (Å²) in [6.07, 6.45) is 8.46. The number of hydrogen-bond acceptors (Lipinski definition) is 1. The van der Waals surface area contributed by atoms with Crippen LogP contribution in [0.2, 0.25) is 0 Å². The third-order valence-electron chi connectivity index (χ3n) is 4.77. The summed E-state index contributed by atoms with van der Waals surface area (Å²) in [4.78, 5) is 12.1. The summed E-state index contributed by atoms with van der Waals surface area (Å²) in [5.74, 6) is 3.34. The molecular weight excluding hydrogens is 184 g/mol. The first-order valence-corrected chi connectivity index (χ1v) is 6.69. The highest BCUT2D eigenvalue weighted by Gasteiger charge is 2.31. The third-order valence-corrected chi connectivity index (χ3v) is 4.77. The summed E-state index contributed by atoms with van der Waals surface area (Å²) >= 11 is 0. The fourth-order valence-corrected chi connectivity index (χ4v) is 2.99. The zero-order chi connectivity index (χ0) is 10.8. The van der Waals surface area contributed by atoms with Gasteiger partial charge in [0.05, 0.1) is 0 Å². The number of carbonyl (C=O) groups excluding carboxylic acids is 1. The minimum atomic E-state index is 0.414. The van der Waals surface area contributed by atoms with E-state index in [2.05, 4.69) is 13.8 Å². The van der Waals surface area contributed by atoms with E-state index in [9.17, 15) is 4.79 Å². The van der Waals surface area contributed by atoms with Crippen LogP contribution in [0.25, 0.3) is 0 Å². The highest BCUT2D eigenvalue weighted by molar-refractivity contribution is 5.81. The van der Waals surface area contributed by atoms with Crippen LogP contribution in [0.15, 0.2) is 0 Å². The van der Waals surface area contributed by atoms with Crippen molar-refractivity contribution in [3.63, 3.8) is 0 Å². The van der Waals surface area contributed by atoms with E-state index in [1.165, 1.54) is 25.7 Å². The highest BCUT2D eigenvalue weighted by atomic mass is 16.1. The van der Waals surface area contributed by atoms with Crippen molar-refractivity contribution in [2.24, 2.45) is 23.7 Å². The van der Waals surface area contributed by atoms with E-state index >= 15 is 0 Å². The molecule has 0 spiro atoms. The van der Waals surface area contributed by atoms with Crippen molar-refractivity contribution in [3.8, 4) is 0 Å². The Bertz CT molecular complexity index is 229. The van der Waals surface area contributed by atoms with Crippen molar-refractivity contribution in [2.45, 2.75) is 58.8 Å². The zero-order valence-corrected chi connectivity index (χ0v) is 10.2. The maximum absolute atomic E-state index is 12.1. The smallest absolute Gasteiger partial charge is 0.136 e. The fraction of sp³-hybridized carbons (Fsp3) is 0.929. The van der Waals surface area contributed by atoms with Crippen LogP contribution in [0.5, 0.6) is 0 Å². The Balaban J connectivity index is 1.79. The molecule has 3 atom stereocenters. The van der Waals surface area contributed by atoms with E-state index in [-0.39, 0.29) is 0 Å². The predicted molar refractivity (Wildman–Crippen MR) is 62.6 cm³/mol. The molecule has 0 heterocycles. The van der Waals surface area contributed by atoms with Crippen LogP contribution in [0.3, 0.4) is 0 Å². The van der Waals surface area contributed by atoms with Crippen molar-refractivity contribution in [1.82, 2.24) is 0 Å². The Morgan fingerprint density at radius 1 is 1.07 bits per heavy atom. The lowest BCUT2D eigenvalue weighted by Gasteiger charge is -2.33. The van der Waals surface area contributed by atoms with E-state index in [0.717, 1.165) is 37.0 Å². The Morgan fingerprint density at radius 3 is 2.33 bits per heavy atom. The molecule has 1 nitrogen and oxygen atoms in total. The van der Waals surface area contributed by atoms with Gasteiger partial charge in [0.15, 0.2) is 0 Å². The second kappa shape index (κ2) is 4.67. The van der Waals surface area contributed by atoms with E-state index in [4.69, 9.17) is 0 Å². The molecule has 0 aliphatic heterocycles. The van der Waals surface area contributed by atoms with Gasteiger partial charge in [-0.05, 0) is 37.0 Å². The van der Waals surface area contributed by atoms with Gasteiger partial charge in [-0.2, -0.15) is 0 Å². The standard InChI is InChI=1S/C14H24O/c1-10-6-7-13(8-11(10)2)14(15)9-12-4-3-5-12/h10-13H,3-9H2,1-2H3. The Labute approximate surface area is 93.6 Å². The molecule has 0 saturated heterocycles. The number of ketones is 1. The monoisotopic (exact) mass is 208 g/mol. The van der Waals surface area contributed by atoms with Crippen LogP contribution in [-0.4, -0.2) is 5.78 Å². The summed E-state index contributed by atoms with van der Waals surface area (Å²) in [6, 6.07) is 0. The zero-order valence-electron chi connectivity index (χ0n) is 10.2. The first-order chi connectivity index (χ1) is 7.16. The van der Waals surface area contributed by atoms with Gasteiger partial charge in [-0.25, -0.2) is 0 Å². The summed E-state index contributed by atoms with van der Waals surface area (Å²) in [6.45, 7) is 4.64. The average molecular weight is 208 g/mol. The normalized spacial score (nSPS) is 37.3. The van der Waals surface area contributed by atoms with Gasteiger partial charge in [0.2, 0.25) is 0 Å². The maximum atomic E-state index is 12.1. The lowest BCUT2D eigenvalue weighted by atomic mass is 9.71. The quantitative estimate of drug-likeness (QED) is 0.689. The number of carbonyl (C=O) groups is 1. The molecule has 3 unspecified atom stereocenters. The van der Waals surface area contributed by atoms with E-state index in [0.29, 0.717) is 11.7 Å². The van der Waals surface area contributed by atoms with Crippen LogP contribution in [0.4, 0.5) is 0 Å². The fourth-order valence-electron chi connectivity index (χ4n) is 2.99. The van der Waals surface area contributed by atoms with Crippen molar-refractivity contribution in [1.29, 1.82) is 0 Å². The molecule has 2 saturated carbocycles. The number of hydrogen-bond donors (Lipinski definition) is 0. The predicted octanol–water partition coefficient (Wildman–Crippen LogP) is 3.82. The van der Waals surface area contributed by atoms with Gasteiger partial charge >= 0.3 is 0 Å². The van der Waals surface area contributed by atoms with Gasteiger partial charge in [0.25, 0.3) is 0 Å². The van der Waals surface area contributed by atoms with Gasteiger partial charge in [-0.15, -0.1) is 0 Å². The van der Waals surface area contributed by atoms with Crippen LogP contribution in [0.1, 0.15) is 58.8 Å². The maximum Gasteiger partial charge on any atom is 0.136 e. The Hall–Kier alpha value is -0.330. The van der Waals surface area contributed by atoms with E-state index in [1.807, 2.05) is 0 Å². The first-order valence-electron chi connectivity index (χ1n) is 6.69. The SMILES string of the molecule is CC1CCC(C(=O)CC2CCC2)CC1C. The minimum Gasteiger partial charge on any atom is -0.299 e. The first kappa shape index (κ1) is 11.2. The van der Waals surface area contributed by atoms with Crippen molar-refractivity contribution in [2.75, 3.05) is 0 Å². The molecule has 86 valence electrons. The van der Waals surface area contributed by atoms with Gasteiger partial charge < -0.3 is 0 Å². The summed E-state index contributed by atoms with van der Waals surface area (Å²) in [5, 5.41) is 0. The summed E-state index contributed by atoms with van der Waals surface area (Å²) in [7, 11) is 0. The molecule has 0 bridgehead atoms. The summed E-state index contributed by atoms with van der Waals surface area (Å²) < 4.78 is 0. The molecular formula is C14H24O. The minimum absolute atomic E-state index is 0.414. The molecule has 2 fully saturated rings. The highest BCUT2D eigenvalue weighted by Crippen LogP contribution is 2.37. The molecule has 0 N–H and O–H groups in total. The van der Waals surface area contributed by atoms with Crippen LogP contribution in [-0.2, 0) is 4.79 Å². The number of Topliss-reactive ketones (excluding diaryl/α,β-unsaturated/α-hetero) is 1. The topological polar surface area (TPSA) is 17.1 Å². The number of rotatable bonds is 3. The third kappa shape index (κ3) is 2.62. The second-order valence-electron chi connectivity index (χ2n) is 5.93. The van der Waals surface area contributed by atoms with Crippen molar-refractivity contribution < 1.29 is 4.79 Å². The van der Waals surface area contributed by atoms with Gasteiger partial charge in [0, 0.05) is 12.3 Å². The molecule has 0 aromatic rings. The van der Waals surface area contributed by atoms with Crippen LogP contribution in [0, 0.1) is 23.7 Å². The van der Waals surface area contributed by atoms with Gasteiger partial charge in [-0.1, -0.05) is 33.1 Å². The van der Waals surface area contributed by atoms with E-state index < -0.39 is 0 Å². The summed E-state index contributed by atoms with van der Waals surface area (Å²) in [5.41, 5.74) is 0. The molecule has 0 aromatic heterocycles. The Morgan fingerprint density at radius 2 is 1.80 bits per heavy atom. The molecule has 0 amide bonds. The van der Waals surface area contributed by atoms with Gasteiger partial charge in [0.1, 0.15) is 5.78 Å². The molecule has 2 rings (SSSR count). The molecule has 15 heavy (non-hydrogen) atoms. The van der Waals surface area contributed by atoms with Crippen LogP contribution >= 0.6 is 0 Å². The lowest BCUT2D eigenvalue weighted by molar-refractivity contribution is -0.126.